The molecule has 6 nitrogen and oxygen atoms in total. The van der Waals surface area contributed by atoms with Crippen molar-refractivity contribution < 1.29 is 14.8 Å². The van der Waals surface area contributed by atoms with Gasteiger partial charge in [-0.3, -0.25) is 14.9 Å². The average Bonchev–Trinajstić information content (AvgIpc) is 2.38. The fraction of sp³-hybridized carbons (Fsp3) is 0.167. The van der Waals surface area contributed by atoms with Crippen LogP contribution >= 0.6 is 27.7 Å². The van der Waals surface area contributed by atoms with Crippen molar-refractivity contribution >= 4 is 50.3 Å². The Labute approximate surface area is 126 Å². The number of nitrogens with zero attached hydrogens (tertiary/aromatic N) is 2. The molecule has 0 saturated heterocycles. The average molecular weight is 357 g/mol. The molecule has 2 rings (SSSR count). The van der Waals surface area contributed by atoms with Crippen molar-refractivity contribution in [3.63, 3.8) is 0 Å². The lowest BCUT2D eigenvalue weighted by atomic mass is 10.2. The summed E-state index contributed by atoms with van der Waals surface area (Å²) in [7, 11) is 0. The quantitative estimate of drug-likeness (QED) is 0.500. The number of fused-ring (bicyclic) bond motifs is 1. The van der Waals surface area contributed by atoms with Gasteiger partial charge in [0.1, 0.15) is 6.20 Å². The first-order chi connectivity index (χ1) is 9.49. The Morgan fingerprint density at radius 2 is 2.25 bits per heavy atom. The van der Waals surface area contributed by atoms with Crippen molar-refractivity contribution in [3.8, 4) is 0 Å². The fourth-order valence-corrected chi connectivity index (χ4v) is 3.09. The molecule has 0 atom stereocenters. The van der Waals surface area contributed by atoms with E-state index in [9.17, 15) is 14.9 Å². The standard InChI is InChI=1S/C12H9BrN2O4S/c13-7-1-2-9-8(5-7)12(20-4-3-11(16)17)10(6-14-9)15(18)19/h1-2,5-6H,3-4H2,(H,16,17). The van der Waals surface area contributed by atoms with E-state index in [-0.39, 0.29) is 17.9 Å². The van der Waals surface area contributed by atoms with E-state index in [2.05, 4.69) is 20.9 Å². The highest BCUT2D eigenvalue weighted by molar-refractivity contribution is 9.10. The van der Waals surface area contributed by atoms with Gasteiger partial charge in [-0.15, -0.1) is 11.8 Å². The molecule has 20 heavy (non-hydrogen) atoms. The second-order valence-corrected chi connectivity index (χ2v) is 5.90. The van der Waals surface area contributed by atoms with Crippen LogP contribution in [0.25, 0.3) is 10.9 Å². The molecular weight excluding hydrogens is 348 g/mol. The van der Waals surface area contributed by atoms with Crippen molar-refractivity contribution in [2.24, 2.45) is 0 Å². The van der Waals surface area contributed by atoms with Gasteiger partial charge in [-0.2, -0.15) is 0 Å². The maximum atomic E-state index is 11.1. The summed E-state index contributed by atoms with van der Waals surface area (Å²) in [5.74, 6) is -0.665. The topological polar surface area (TPSA) is 93.3 Å². The molecule has 104 valence electrons. The summed E-state index contributed by atoms with van der Waals surface area (Å²) >= 11 is 4.48. The number of carboxylic acids is 1. The summed E-state index contributed by atoms with van der Waals surface area (Å²) in [5, 5.41) is 20.4. The Kier molecular flexibility index (Phi) is 4.56. The first-order valence-electron chi connectivity index (χ1n) is 5.56. The molecule has 0 saturated carbocycles. The van der Waals surface area contributed by atoms with Crippen molar-refractivity contribution in [2.75, 3.05) is 5.75 Å². The number of aliphatic carboxylic acids is 1. The number of hydrogen-bond donors (Lipinski definition) is 1. The molecule has 1 aromatic heterocycles. The van der Waals surface area contributed by atoms with Gasteiger partial charge in [0.15, 0.2) is 0 Å². The minimum atomic E-state index is -0.931. The number of pyridine rings is 1. The van der Waals surface area contributed by atoms with Gasteiger partial charge in [-0.25, -0.2) is 4.98 Å². The lowest BCUT2D eigenvalue weighted by molar-refractivity contribution is -0.387. The van der Waals surface area contributed by atoms with E-state index in [0.29, 0.717) is 15.8 Å². The zero-order chi connectivity index (χ0) is 14.7. The number of aromatic nitrogens is 1. The Morgan fingerprint density at radius 3 is 2.90 bits per heavy atom. The van der Waals surface area contributed by atoms with Crippen LogP contribution < -0.4 is 0 Å². The summed E-state index contributed by atoms with van der Waals surface area (Å²) in [5.41, 5.74) is 0.530. The summed E-state index contributed by atoms with van der Waals surface area (Å²) in [4.78, 5) is 25.6. The molecule has 2 aromatic rings. The molecule has 0 radical (unpaired) electrons. The van der Waals surface area contributed by atoms with Crippen molar-refractivity contribution in [3.05, 3.63) is 39.0 Å². The first-order valence-corrected chi connectivity index (χ1v) is 7.34. The van der Waals surface area contributed by atoms with E-state index in [1.807, 2.05) is 0 Å². The molecule has 0 unspecified atom stereocenters. The molecule has 1 heterocycles. The normalized spacial score (nSPS) is 10.7. The second-order valence-electron chi connectivity index (χ2n) is 3.88. The minimum absolute atomic E-state index is 0.0559. The van der Waals surface area contributed by atoms with E-state index in [1.165, 1.54) is 6.20 Å². The van der Waals surface area contributed by atoms with Crippen molar-refractivity contribution in [1.29, 1.82) is 0 Å². The number of carbonyl (C=O) groups is 1. The third-order valence-corrected chi connectivity index (χ3v) is 4.14. The van der Waals surface area contributed by atoms with Crippen LogP contribution in [0.2, 0.25) is 0 Å². The van der Waals surface area contributed by atoms with Crippen LogP contribution in [-0.4, -0.2) is 26.7 Å². The minimum Gasteiger partial charge on any atom is -0.481 e. The van der Waals surface area contributed by atoms with Gasteiger partial charge in [0.2, 0.25) is 0 Å². The number of rotatable bonds is 5. The van der Waals surface area contributed by atoms with Crippen LogP contribution in [0.15, 0.2) is 33.8 Å². The summed E-state index contributed by atoms with van der Waals surface area (Å²) in [6.45, 7) is 0. The third-order valence-electron chi connectivity index (χ3n) is 2.52. The second kappa shape index (κ2) is 6.19. The molecular formula is C12H9BrN2O4S. The van der Waals surface area contributed by atoms with Gasteiger partial charge in [0.05, 0.1) is 21.8 Å². The molecule has 0 aliphatic rings. The Bertz CT molecular complexity index is 692. The van der Waals surface area contributed by atoms with Gasteiger partial charge < -0.3 is 5.11 Å². The van der Waals surface area contributed by atoms with E-state index >= 15 is 0 Å². The highest BCUT2D eigenvalue weighted by Gasteiger charge is 2.19. The Morgan fingerprint density at radius 1 is 1.50 bits per heavy atom. The summed E-state index contributed by atoms with van der Waals surface area (Å²) < 4.78 is 0.785. The predicted octanol–water partition coefficient (Wildman–Crippen LogP) is 3.47. The predicted molar refractivity (Wildman–Crippen MR) is 79.1 cm³/mol. The van der Waals surface area contributed by atoms with Gasteiger partial charge in [-0.05, 0) is 18.2 Å². The van der Waals surface area contributed by atoms with E-state index in [0.717, 1.165) is 16.2 Å². The number of nitro groups is 1. The smallest absolute Gasteiger partial charge is 0.304 e. The monoisotopic (exact) mass is 356 g/mol. The zero-order valence-corrected chi connectivity index (χ0v) is 12.5. The summed E-state index contributed by atoms with van der Waals surface area (Å²) in [6.07, 6.45) is 1.15. The fourth-order valence-electron chi connectivity index (χ4n) is 1.65. The molecule has 8 heteroatoms. The zero-order valence-electron chi connectivity index (χ0n) is 10.1. The van der Waals surface area contributed by atoms with Crippen molar-refractivity contribution in [2.45, 2.75) is 11.3 Å². The molecule has 0 bridgehead atoms. The highest BCUT2D eigenvalue weighted by atomic mass is 79.9. The maximum Gasteiger partial charge on any atom is 0.304 e. The summed E-state index contributed by atoms with van der Waals surface area (Å²) in [6, 6.07) is 5.30. The van der Waals surface area contributed by atoms with Crippen LogP contribution in [0.1, 0.15) is 6.42 Å². The van der Waals surface area contributed by atoms with Crippen LogP contribution in [-0.2, 0) is 4.79 Å². The molecule has 1 aromatic carbocycles. The lowest BCUT2D eigenvalue weighted by Crippen LogP contribution is -1.98. The molecule has 0 fully saturated rings. The Hall–Kier alpha value is -1.67. The van der Waals surface area contributed by atoms with Gasteiger partial charge in [-0.1, -0.05) is 15.9 Å². The van der Waals surface area contributed by atoms with Gasteiger partial charge >= 0.3 is 11.7 Å². The molecule has 0 aliphatic heterocycles. The molecule has 0 amide bonds. The number of halogens is 1. The number of thioether (sulfide) groups is 1. The van der Waals surface area contributed by atoms with Crippen molar-refractivity contribution in [1.82, 2.24) is 4.98 Å². The SMILES string of the molecule is O=C(O)CCSc1c([N+](=O)[O-])cnc2ccc(Br)cc12. The maximum absolute atomic E-state index is 11.1. The highest BCUT2D eigenvalue weighted by Crippen LogP contribution is 2.36. The van der Waals surface area contributed by atoms with E-state index in [4.69, 9.17) is 5.11 Å². The van der Waals surface area contributed by atoms with Gasteiger partial charge in [0, 0.05) is 15.6 Å². The first kappa shape index (κ1) is 14.7. The van der Waals surface area contributed by atoms with E-state index in [1.54, 1.807) is 18.2 Å². The number of carboxylic acid groups (broad SMARTS) is 1. The number of benzene rings is 1. The van der Waals surface area contributed by atoms with E-state index < -0.39 is 10.9 Å². The lowest BCUT2D eigenvalue weighted by Gasteiger charge is -2.06. The molecule has 1 N–H and O–H groups in total. The van der Waals surface area contributed by atoms with Crippen LogP contribution in [0, 0.1) is 10.1 Å². The Balaban J connectivity index is 2.50. The van der Waals surface area contributed by atoms with Gasteiger partial charge in [0.25, 0.3) is 0 Å². The third kappa shape index (κ3) is 3.26. The van der Waals surface area contributed by atoms with Crippen LogP contribution in [0.4, 0.5) is 5.69 Å². The van der Waals surface area contributed by atoms with Crippen LogP contribution in [0.5, 0.6) is 0 Å². The molecule has 0 spiro atoms. The largest absolute Gasteiger partial charge is 0.481 e. The molecule has 0 aliphatic carbocycles. The number of hydrogen-bond acceptors (Lipinski definition) is 5. The van der Waals surface area contributed by atoms with Crippen LogP contribution in [0.3, 0.4) is 0 Å².